The average Bonchev–Trinajstić information content (AvgIpc) is 2.14. The molecule has 12 heavy (non-hydrogen) atoms. The Bertz CT molecular complexity index is 91.7. The fourth-order valence-electron chi connectivity index (χ4n) is 1.89. The van der Waals surface area contributed by atoms with E-state index >= 15 is 0 Å². The molecule has 0 spiro atoms. The maximum absolute atomic E-state index is 8.70. The van der Waals surface area contributed by atoms with E-state index in [4.69, 9.17) is 5.11 Å². The van der Waals surface area contributed by atoms with Gasteiger partial charge in [0.15, 0.2) is 0 Å². The van der Waals surface area contributed by atoms with Gasteiger partial charge in [0.05, 0.1) is 0 Å². The first-order chi connectivity index (χ1) is 5.74. The fourth-order valence-corrected chi connectivity index (χ4v) is 5.45. The summed E-state index contributed by atoms with van der Waals surface area (Å²) in [5.74, 6) is 0. The molecule has 0 amide bonds. The monoisotopic (exact) mass is 192 g/mol. The molecule has 0 saturated carbocycles. The van der Waals surface area contributed by atoms with E-state index < -0.39 is 7.26 Å². The molecule has 1 N–H and O–H groups in total. The summed E-state index contributed by atoms with van der Waals surface area (Å²) in [7, 11) is -0.866. The first kappa shape index (κ1) is 12.4. The Labute approximate surface area is 77.9 Å². The zero-order valence-corrected chi connectivity index (χ0v) is 9.90. The molecule has 0 aromatic heterocycles. The molecule has 0 aromatic carbocycles. The molecule has 1 nitrogen and oxygen atoms in total. The SMILES string of the molecule is CC[PH](CC)(CC)CCCCO. The van der Waals surface area contributed by atoms with Gasteiger partial charge < -0.3 is 0 Å². The molecule has 0 radical (unpaired) electrons. The molecule has 0 saturated heterocycles. The molecular weight excluding hydrogens is 167 g/mol. The van der Waals surface area contributed by atoms with E-state index in [2.05, 4.69) is 20.8 Å². The van der Waals surface area contributed by atoms with Crippen molar-refractivity contribution in [1.29, 1.82) is 0 Å². The number of unbranched alkanes of at least 4 members (excludes halogenated alkanes) is 1. The Morgan fingerprint density at radius 1 is 0.917 bits per heavy atom. The Morgan fingerprint density at radius 2 is 1.42 bits per heavy atom. The van der Waals surface area contributed by atoms with Crippen LogP contribution in [0.25, 0.3) is 0 Å². The van der Waals surface area contributed by atoms with E-state index in [0.717, 1.165) is 6.42 Å². The third-order valence-corrected chi connectivity index (χ3v) is 9.28. The van der Waals surface area contributed by atoms with Gasteiger partial charge in [-0.25, -0.2) is 0 Å². The molecule has 0 fully saturated rings. The van der Waals surface area contributed by atoms with Crippen LogP contribution in [-0.2, 0) is 0 Å². The second-order valence-corrected chi connectivity index (χ2v) is 9.36. The summed E-state index contributed by atoms with van der Waals surface area (Å²) in [4.78, 5) is 0. The van der Waals surface area contributed by atoms with Gasteiger partial charge in [-0.2, -0.15) is 0 Å². The van der Waals surface area contributed by atoms with Gasteiger partial charge in [-0.1, -0.05) is 0 Å². The van der Waals surface area contributed by atoms with Crippen molar-refractivity contribution in [3.63, 3.8) is 0 Å². The minimum atomic E-state index is -0.866. The van der Waals surface area contributed by atoms with Crippen LogP contribution in [0.2, 0.25) is 0 Å². The van der Waals surface area contributed by atoms with Crippen molar-refractivity contribution >= 4 is 7.26 Å². The average molecular weight is 192 g/mol. The van der Waals surface area contributed by atoms with Gasteiger partial charge in [0, 0.05) is 0 Å². The summed E-state index contributed by atoms with van der Waals surface area (Å²) in [6, 6.07) is 0. The van der Waals surface area contributed by atoms with E-state index in [9.17, 15) is 0 Å². The predicted molar refractivity (Wildman–Crippen MR) is 61.1 cm³/mol. The van der Waals surface area contributed by atoms with Gasteiger partial charge in [-0.3, -0.25) is 0 Å². The molecule has 0 bridgehead atoms. The first-order valence-corrected chi connectivity index (χ1v) is 8.18. The third-order valence-electron chi connectivity index (χ3n) is 3.37. The second kappa shape index (κ2) is 6.86. The summed E-state index contributed by atoms with van der Waals surface area (Å²) in [5, 5.41) is 8.70. The van der Waals surface area contributed by atoms with Crippen molar-refractivity contribution in [3.8, 4) is 0 Å². The van der Waals surface area contributed by atoms with Crippen LogP contribution < -0.4 is 0 Å². The van der Waals surface area contributed by atoms with Gasteiger partial charge in [-0.05, 0) is 0 Å². The van der Waals surface area contributed by atoms with Crippen LogP contribution in [0.3, 0.4) is 0 Å². The van der Waals surface area contributed by atoms with Crippen molar-refractivity contribution < 1.29 is 5.11 Å². The first-order valence-electron chi connectivity index (χ1n) is 5.35. The van der Waals surface area contributed by atoms with Crippen LogP contribution in [0.4, 0.5) is 0 Å². The molecule has 0 unspecified atom stereocenters. The van der Waals surface area contributed by atoms with Crippen LogP contribution in [0.5, 0.6) is 0 Å². The zero-order valence-electron chi connectivity index (χ0n) is 8.90. The number of aliphatic hydroxyl groups excluding tert-OH is 1. The van der Waals surface area contributed by atoms with Gasteiger partial charge in [0.1, 0.15) is 0 Å². The van der Waals surface area contributed by atoms with Gasteiger partial charge in [-0.15, -0.1) is 0 Å². The standard InChI is InChI=1S/C10H25OP/c1-4-12(5-2,6-3)10-8-7-9-11/h11-12H,4-10H2,1-3H3. The molecular formula is C10H25OP. The normalized spacial score (nSPS) is 13.3. The topological polar surface area (TPSA) is 20.2 Å². The third kappa shape index (κ3) is 3.87. The Kier molecular flexibility index (Phi) is 7.08. The van der Waals surface area contributed by atoms with Crippen molar-refractivity contribution in [2.24, 2.45) is 0 Å². The molecule has 0 aliphatic carbocycles. The van der Waals surface area contributed by atoms with Gasteiger partial charge in [0.2, 0.25) is 0 Å². The summed E-state index contributed by atoms with van der Waals surface area (Å²) < 4.78 is 0. The Hall–Kier alpha value is 0.390. The number of aliphatic hydroxyl groups is 1. The number of rotatable bonds is 7. The molecule has 0 atom stereocenters. The summed E-state index contributed by atoms with van der Waals surface area (Å²) in [6.07, 6.45) is 7.95. The van der Waals surface area contributed by atoms with Gasteiger partial charge in [0.25, 0.3) is 0 Å². The fraction of sp³-hybridized carbons (Fsp3) is 1.00. The van der Waals surface area contributed by atoms with Crippen molar-refractivity contribution in [1.82, 2.24) is 0 Å². The number of hydrogen-bond donors (Lipinski definition) is 1. The summed E-state index contributed by atoms with van der Waals surface area (Å²) in [5.41, 5.74) is 0. The Balaban J connectivity index is 3.76. The second-order valence-electron chi connectivity index (χ2n) is 3.74. The van der Waals surface area contributed by atoms with Crippen LogP contribution in [-0.4, -0.2) is 36.4 Å². The minimum absolute atomic E-state index is 0.377. The van der Waals surface area contributed by atoms with E-state index in [0.29, 0.717) is 6.61 Å². The quantitative estimate of drug-likeness (QED) is 0.485. The molecule has 0 aromatic rings. The van der Waals surface area contributed by atoms with Crippen molar-refractivity contribution in [3.05, 3.63) is 0 Å². The zero-order chi connectivity index (χ0) is 9.45. The van der Waals surface area contributed by atoms with Crippen LogP contribution >= 0.6 is 7.26 Å². The summed E-state index contributed by atoms with van der Waals surface area (Å²) >= 11 is 0. The van der Waals surface area contributed by atoms with E-state index in [-0.39, 0.29) is 0 Å². The molecule has 76 valence electrons. The van der Waals surface area contributed by atoms with Crippen LogP contribution in [0.15, 0.2) is 0 Å². The van der Waals surface area contributed by atoms with Crippen molar-refractivity contribution in [2.75, 3.05) is 31.3 Å². The molecule has 0 aliphatic heterocycles. The van der Waals surface area contributed by atoms with Crippen molar-refractivity contribution in [2.45, 2.75) is 33.6 Å². The molecule has 0 heterocycles. The molecule has 0 rings (SSSR count). The van der Waals surface area contributed by atoms with E-state index in [1.807, 2.05) is 0 Å². The van der Waals surface area contributed by atoms with Crippen LogP contribution in [0.1, 0.15) is 33.6 Å². The van der Waals surface area contributed by atoms with Crippen LogP contribution in [0, 0.1) is 0 Å². The Morgan fingerprint density at radius 3 is 1.75 bits per heavy atom. The van der Waals surface area contributed by atoms with Gasteiger partial charge >= 0.3 is 77.2 Å². The van der Waals surface area contributed by atoms with E-state index in [1.54, 1.807) is 0 Å². The predicted octanol–water partition coefficient (Wildman–Crippen LogP) is 2.57. The molecule has 0 aliphatic rings. The summed E-state index contributed by atoms with van der Waals surface area (Å²) in [6.45, 7) is 7.41. The van der Waals surface area contributed by atoms with E-state index in [1.165, 1.54) is 31.1 Å². The molecule has 2 heteroatoms. The number of hydrogen-bond acceptors (Lipinski definition) is 1. The maximum atomic E-state index is 8.70.